The molecule has 1 rings (SSSR count). The van der Waals surface area contributed by atoms with Gasteiger partial charge >= 0.3 is 0 Å². The first-order chi connectivity index (χ1) is 8.80. The van der Waals surface area contributed by atoms with Gasteiger partial charge in [0, 0.05) is 6.54 Å². The van der Waals surface area contributed by atoms with Crippen LogP contribution in [0.2, 0.25) is 0 Å². The van der Waals surface area contributed by atoms with Gasteiger partial charge in [-0.15, -0.1) is 0 Å². The van der Waals surface area contributed by atoms with Crippen molar-refractivity contribution in [1.29, 1.82) is 0 Å². The molecule has 0 amide bonds. The monoisotopic (exact) mass is 249 g/mol. The minimum atomic E-state index is 0.677. The van der Waals surface area contributed by atoms with Crippen molar-refractivity contribution >= 4 is 0 Å². The quantitative estimate of drug-likeness (QED) is 0.668. The van der Waals surface area contributed by atoms with Crippen LogP contribution in [0, 0.1) is 5.92 Å². The summed E-state index contributed by atoms with van der Waals surface area (Å²) < 4.78 is 5.81. The van der Waals surface area contributed by atoms with Crippen molar-refractivity contribution in [3.8, 4) is 5.75 Å². The number of rotatable bonds is 9. The zero-order valence-electron chi connectivity index (χ0n) is 12.0. The van der Waals surface area contributed by atoms with Crippen LogP contribution in [0.15, 0.2) is 24.3 Å². The molecule has 0 fully saturated rings. The van der Waals surface area contributed by atoms with Gasteiger partial charge in [0.15, 0.2) is 0 Å². The molecule has 1 N–H and O–H groups in total. The zero-order chi connectivity index (χ0) is 13.2. The van der Waals surface area contributed by atoms with Crippen LogP contribution < -0.4 is 10.1 Å². The second kappa shape index (κ2) is 8.98. The Morgan fingerprint density at radius 3 is 2.28 bits per heavy atom. The molecule has 0 aliphatic heterocycles. The first-order valence-corrected chi connectivity index (χ1v) is 7.22. The van der Waals surface area contributed by atoms with E-state index in [0.29, 0.717) is 5.92 Å². The Labute approximate surface area is 112 Å². The van der Waals surface area contributed by atoms with Crippen LogP contribution in [0.5, 0.6) is 5.75 Å². The Bertz CT molecular complexity index is 303. The van der Waals surface area contributed by atoms with Gasteiger partial charge in [0.25, 0.3) is 0 Å². The molecule has 0 aliphatic rings. The molecule has 0 saturated carbocycles. The Hall–Kier alpha value is -1.02. The van der Waals surface area contributed by atoms with E-state index in [4.69, 9.17) is 4.74 Å². The second-order valence-electron chi connectivity index (χ2n) is 4.81. The number of benzene rings is 1. The van der Waals surface area contributed by atoms with Crippen LogP contribution >= 0.6 is 0 Å². The van der Waals surface area contributed by atoms with Crippen LogP contribution in [0.25, 0.3) is 0 Å². The highest BCUT2D eigenvalue weighted by Crippen LogP contribution is 2.15. The highest BCUT2D eigenvalue weighted by Gasteiger charge is 2.04. The van der Waals surface area contributed by atoms with Crippen molar-refractivity contribution in [2.45, 2.75) is 46.6 Å². The summed E-state index contributed by atoms with van der Waals surface area (Å²) in [4.78, 5) is 0. The SMILES string of the molecule is CCCNCc1ccc(OCC(CC)CC)cc1. The summed E-state index contributed by atoms with van der Waals surface area (Å²) in [5.41, 5.74) is 1.32. The van der Waals surface area contributed by atoms with E-state index in [2.05, 4.69) is 50.4 Å². The summed E-state index contributed by atoms with van der Waals surface area (Å²) in [7, 11) is 0. The number of hydrogen-bond donors (Lipinski definition) is 1. The van der Waals surface area contributed by atoms with Gasteiger partial charge in [0.05, 0.1) is 6.61 Å². The minimum Gasteiger partial charge on any atom is -0.493 e. The minimum absolute atomic E-state index is 0.677. The Kier molecular flexibility index (Phi) is 7.51. The zero-order valence-corrected chi connectivity index (χ0v) is 12.0. The van der Waals surface area contributed by atoms with Crippen molar-refractivity contribution < 1.29 is 4.74 Å². The molecule has 0 atom stereocenters. The maximum Gasteiger partial charge on any atom is 0.119 e. The highest BCUT2D eigenvalue weighted by molar-refractivity contribution is 5.27. The van der Waals surface area contributed by atoms with E-state index in [-0.39, 0.29) is 0 Å². The predicted molar refractivity (Wildman–Crippen MR) is 78.0 cm³/mol. The van der Waals surface area contributed by atoms with Crippen molar-refractivity contribution in [2.24, 2.45) is 5.92 Å². The molecule has 1 aromatic carbocycles. The van der Waals surface area contributed by atoms with Gasteiger partial charge in [-0.25, -0.2) is 0 Å². The molecular formula is C16H27NO. The van der Waals surface area contributed by atoms with Crippen LogP contribution in [-0.4, -0.2) is 13.2 Å². The van der Waals surface area contributed by atoms with Gasteiger partial charge in [0.2, 0.25) is 0 Å². The maximum absolute atomic E-state index is 5.81. The van der Waals surface area contributed by atoms with Crippen molar-refractivity contribution in [2.75, 3.05) is 13.2 Å². The Balaban J connectivity index is 2.35. The third kappa shape index (κ3) is 5.54. The summed E-state index contributed by atoms with van der Waals surface area (Å²) >= 11 is 0. The molecule has 0 bridgehead atoms. The van der Waals surface area contributed by atoms with E-state index in [0.717, 1.165) is 25.4 Å². The average molecular weight is 249 g/mol. The second-order valence-corrected chi connectivity index (χ2v) is 4.81. The summed E-state index contributed by atoms with van der Waals surface area (Å²) in [6.07, 6.45) is 3.56. The van der Waals surface area contributed by atoms with Crippen LogP contribution in [0.1, 0.15) is 45.6 Å². The fourth-order valence-corrected chi connectivity index (χ4v) is 1.85. The van der Waals surface area contributed by atoms with Gasteiger partial charge in [0.1, 0.15) is 5.75 Å². The summed E-state index contributed by atoms with van der Waals surface area (Å²) in [5, 5.41) is 3.40. The van der Waals surface area contributed by atoms with Crippen LogP contribution in [-0.2, 0) is 6.54 Å². The lowest BCUT2D eigenvalue weighted by Gasteiger charge is -2.14. The normalized spacial score (nSPS) is 10.9. The number of nitrogens with one attached hydrogen (secondary N) is 1. The fourth-order valence-electron chi connectivity index (χ4n) is 1.85. The van der Waals surface area contributed by atoms with Crippen molar-refractivity contribution in [3.05, 3.63) is 29.8 Å². The number of hydrogen-bond acceptors (Lipinski definition) is 2. The van der Waals surface area contributed by atoms with E-state index < -0.39 is 0 Å². The van der Waals surface area contributed by atoms with Gasteiger partial charge < -0.3 is 10.1 Å². The molecule has 0 spiro atoms. The predicted octanol–water partition coefficient (Wildman–Crippen LogP) is 4.00. The summed E-state index contributed by atoms with van der Waals surface area (Å²) in [6.45, 7) is 9.48. The standard InChI is InChI=1S/C16H27NO/c1-4-11-17-12-15-7-9-16(10-8-15)18-13-14(5-2)6-3/h7-10,14,17H,4-6,11-13H2,1-3H3. The maximum atomic E-state index is 5.81. The molecule has 0 saturated heterocycles. The average Bonchev–Trinajstić information content (AvgIpc) is 2.42. The first kappa shape index (κ1) is 15.0. The highest BCUT2D eigenvalue weighted by atomic mass is 16.5. The van der Waals surface area contributed by atoms with E-state index in [1.807, 2.05) is 0 Å². The van der Waals surface area contributed by atoms with Gasteiger partial charge in [-0.05, 0) is 36.6 Å². The lowest BCUT2D eigenvalue weighted by atomic mass is 10.1. The van der Waals surface area contributed by atoms with E-state index in [1.165, 1.54) is 24.8 Å². The molecule has 0 aliphatic carbocycles. The molecule has 2 heteroatoms. The topological polar surface area (TPSA) is 21.3 Å². The Morgan fingerprint density at radius 2 is 1.72 bits per heavy atom. The van der Waals surface area contributed by atoms with E-state index in [9.17, 15) is 0 Å². The summed E-state index contributed by atoms with van der Waals surface area (Å²) in [6, 6.07) is 8.44. The first-order valence-electron chi connectivity index (χ1n) is 7.22. The lowest BCUT2D eigenvalue weighted by molar-refractivity contribution is 0.240. The fraction of sp³-hybridized carbons (Fsp3) is 0.625. The van der Waals surface area contributed by atoms with Gasteiger partial charge in [-0.1, -0.05) is 45.7 Å². The third-order valence-electron chi connectivity index (χ3n) is 3.32. The van der Waals surface area contributed by atoms with Gasteiger partial charge in [-0.3, -0.25) is 0 Å². The number of ether oxygens (including phenoxy) is 1. The molecule has 102 valence electrons. The molecule has 0 unspecified atom stereocenters. The van der Waals surface area contributed by atoms with Crippen LogP contribution in [0.4, 0.5) is 0 Å². The molecular weight excluding hydrogens is 222 g/mol. The largest absolute Gasteiger partial charge is 0.493 e. The van der Waals surface area contributed by atoms with Gasteiger partial charge in [-0.2, -0.15) is 0 Å². The van der Waals surface area contributed by atoms with Crippen molar-refractivity contribution in [3.63, 3.8) is 0 Å². The molecule has 1 aromatic rings. The molecule has 18 heavy (non-hydrogen) atoms. The van der Waals surface area contributed by atoms with Crippen LogP contribution in [0.3, 0.4) is 0 Å². The van der Waals surface area contributed by atoms with E-state index in [1.54, 1.807) is 0 Å². The lowest BCUT2D eigenvalue weighted by Crippen LogP contribution is -2.13. The smallest absolute Gasteiger partial charge is 0.119 e. The Morgan fingerprint density at radius 1 is 1.06 bits per heavy atom. The molecule has 0 radical (unpaired) electrons. The molecule has 2 nitrogen and oxygen atoms in total. The third-order valence-corrected chi connectivity index (χ3v) is 3.32. The molecule has 0 aromatic heterocycles. The summed E-state index contributed by atoms with van der Waals surface area (Å²) in [5.74, 6) is 1.66. The van der Waals surface area contributed by atoms with E-state index >= 15 is 0 Å². The van der Waals surface area contributed by atoms with Crippen molar-refractivity contribution in [1.82, 2.24) is 5.32 Å². The molecule has 0 heterocycles.